The largest absolute Gasteiger partial charge is 0.369 e. The van der Waals surface area contributed by atoms with Gasteiger partial charge in [-0.2, -0.15) is 0 Å². The summed E-state index contributed by atoms with van der Waals surface area (Å²) in [7, 11) is 0. The molecule has 0 aromatic heterocycles. The molecule has 1 aromatic carbocycles. The molecule has 1 heterocycles. The molecule has 2 aliphatic rings. The van der Waals surface area contributed by atoms with E-state index in [1.807, 2.05) is 18.2 Å². The first kappa shape index (κ1) is 11.2. The Morgan fingerprint density at radius 3 is 2.89 bits per heavy atom. The zero-order chi connectivity index (χ0) is 12.7. The maximum atomic E-state index is 12.4. The number of carbonyl (C=O) groups is 1. The third-order valence-corrected chi connectivity index (χ3v) is 3.74. The minimum atomic E-state index is -0.833. The lowest BCUT2D eigenvalue weighted by molar-refractivity contribution is 0.00422. The van der Waals surface area contributed by atoms with E-state index in [0.29, 0.717) is 11.1 Å². The van der Waals surface area contributed by atoms with Gasteiger partial charge in [-0.05, 0) is 24.5 Å². The molecule has 3 heteroatoms. The number of nitrogens with zero attached hydrogens (tertiary/aromatic N) is 1. The molecule has 3 nitrogen and oxygen atoms in total. The monoisotopic (exact) mass is 241 g/mol. The Bertz CT molecular complexity index is 547. The van der Waals surface area contributed by atoms with E-state index < -0.39 is 6.23 Å². The molecule has 2 atom stereocenters. The average Bonchev–Trinajstić information content (AvgIpc) is 2.95. The average molecular weight is 241 g/mol. The molecular weight excluding hydrogens is 226 g/mol. The Labute approximate surface area is 106 Å². The van der Waals surface area contributed by atoms with Gasteiger partial charge in [0.25, 0.3) is 5.91 Å². The quantitative estimate of drug-likeness (QED) is 0.863. The Hall–Kier alpha value is -1.87. The summed E-state index contributed by atoms with van der Waals surface area (Å²) in [6, 6.07) is 7.21. The normalized spacial score (nSPS) is 26.2. The second kappa shape index (κ2) is 4.10. The highest BCUT2D eigenvalue weighted by molar-refractivity contribution is 5.99. The minimum absolute atomic E-state index is 0.0441. The molecule has 1 amide bonds. The van der Waals surface area contributed by atoms with E-state index >= 15 is 0 Å². The molecule has 92 valence electrons. The van der Waals surface area contributed by atoms with E-state index in [1.165, 1.54) is 0 Å². The summed E-state index contributed by atoms with van der Waals surface area (Å²) >= 11 is 0. The molecule has 0 fully saturated rings. The Morgan fingerprint density at radius 2 is 2.17 bits per heavy atom. The second-order valence-corrected chi connectivity index (χ2v) is 4.67. The van der Waals surface area contributed by atoms with Gasteiger partial charge < -0.3 is 10.0 Å². The highest BCUT2D eigenvalue weighted by Crippen LogP contribution is 2.38. The molecule has 1 aliphatic carbocycles. The van der Waals surface area contributed by atoms with Crippen molar-refractivity contribution >= 4 is 5.91 Å². The van der Waals surface area contributed by atoms with E-state index in [1.54, 1.807) is 17.0 Å². The number of aliphatic hydroxyl groups is 1. The van der Waals surface area contributed by atoms with E-state index in [2.05, 4.69) is 12.7 Å². The van der Waals surface area contributed by atoms with Crippen molar-refractivity contribution in [3.63, 3.8) is 0 Å². The highest BCUT2D eigenvalue weighted by atomic mass is 16.3. The summed E-state index contributed by atoms with van der Waals surface area (Å²) < 4.78 is 0. The van der Waals surface area contributed by atoms with Crippen LogP contribution >= 0.6 is 0 Å². The summed E-state index contributed by atoms with van der Waals surface area (Å²) in [4.78, 5) is 13.9. The van der Waals surface area contributed by atoms with Crippen molar-refractivity contribution in [1.82, 2.24) is 4.90 Å². The Kier molecular flexibility index (Phi) is 2.56. The van der Waals surface area contributed by atoms with E-state index in [4.69, 9.17) is 0 Å². The fraction of sp³-hybridized carbons (Fsp3) is 0.267. The maximum Gasteiger partial charge on any atom is 0.257 e. The van der Waals surface area contributed by atoms with E-state index in [-0.39, 0.29) is 11.9 Å². The summed E-state index contributed by atoms with van der Waals surface area (Å²) in [6.45, 7) is 3.78. The smallest absolute Gasteiger partial charge is 0.257 e. The van der Waals surface area contributed by atoms with Crippen molar-refractivity contribution in [1.29, 1.82) is 0 Å². The third kappa shape index (κ3) is 1.44. The Balaban J connectivity index is 2.00. The molecule has 0 bridgehead atoms. The van der Waals surface area contributed by atoms with Crippen molar-refractivity contribution in [2.24, 2.45) is 0 Å². The fourth-order valence-corrected chi connectivity index (χ4v) is 2.86. The van der Waals surface area contributed by atoms with Crippen LogP contribution in [0.15, 0.2) is 48.6 Å². The second-order valence-electron chi connectivity index (χ2n) is 4.67. The van der Waals surface area contributed by atoms with Gasteiger partial charge in [-0.3, -0.25) is 4.79 Å². The van der Waals surface area contributed by atoms with Gasteiger partial charge in [-0.15, -0.1) is 0 Å². The van der Waals surface area contributed by atoms with Crippen LogP contribution in [0.4, 0.5) is 0 Å². The van der Waals surface area contributed by atoms with Crippen LogP contribution in [0.3, 0.4) is 0 Å². The van der Waals surface area contributed by atoms with Crippen molar-refractivity contribution < 1.29 is 9.90 Å². The van der Waals surface area contributed by atoms with Gasteiger partial charge in [0.15, 0.2) is 6.23 Å². The van der Waals surface area contributed by atoms with Gasteiger partial charge >= 0.3 is 0 Å². The summed E-state index contributed by atoms with van der Waals surface area (Å²) in [5.74, 6) is -0.0854. The fourth-order valence-electron chi connectivity index (χ4n) is 2.86. The Morgan fingerprint density at radius 1 is 1.39 bits per heavy atom. The highest BCUT2D eigenvalue weighted by Gasteiger charge is 2.40. The molecule has 0 saturated carbocycles. The summed E-state index contributed by atoms with van der Waals surface area (Å²) in [5, 5.41) is 10.3. The van der Waals surface area contributed by atoms with Crippen LogP contribution in [-0.4, -0.2) is 22.0 Å². The van der Waals surface area contributed by atoms with Crippen molar-refractivity contribution in [3.05, 3.63) is 59.7 Å². The molecule has 18 heavy (non-hydrogen) atoms. The molecule has 3 rings (SSSR count). The predicted molar refractivity (Wildman–Crippen MR) is 68.9 cm³/mol. The molecule has 2 unspecified atom stereocenters. The topological polar surface area (TPSA) is 40.5 Å². The van der Waals surface area contributed by atoms with Gasteiger partial charge in [0.05, 0.1) is 6.04 Å². The maximum absolute atomic E-state index is 12.4. The van der Waals surface area contributed by atoms with Crippen molar-refractivity contribution in [2.45, 2.75) is 25.1 Å². The van der Waals surface area contributed by atoms with Crippen LogP contribution in [0.1, 0.15) is 35.0 Å². The van der Waals surface area contributed by atoms with Crippen LogP contribution < -0.4 is 0 Å². The summed E-state index contributed by atoms with van der Waals surface area (Å²) in [5.41, 5.74) is 2.35. The number of fused-ring (bicyclic) bond motifs is 1. The third-order valence-electron chi connectivity index (χ3n) is 3.74. The lowest BCUT2D eigenvalue weighted by Crippen LogP contribution is -2.37. The standard InChI is InChI=1S/C15H15NO2/c1-2-10-6-5-9-13(10)16-14(17)11-7-3-4-8-12(11)15(16)18/h2-4,6-8,13-14,17H,1,5,9H2. The molecule has 1 aliphatic heterocycles. The number of hydrogen-bond donors (Lipinski definition) is 1. The first-order valence-electron chi connectivity index (χ1n) is 6.16. The first-order chi connectivity index (χ1) is 8.74. The molecule has 1 aromatic rings. The SMILES string of the molecule is C=CC1=CCCC1N1C(=O)c2ccccc2C1O. The van der Waals surface area contributed by atoms with Gasteiger partial charge in [-0.25, -0.2) is 0 Å². The van der Waals surface area contributed by atoms with Crippen LogP contribution in [0.2, 0.25) is 0 Å². The molecule has 0 radical (unpaired) electrons. The van der Waals surface area contributed by atoms with Gasteiger partial charge in [-0.1, -0.05) is 36.9 Å². The summed E-state index contributed by atoms with van der Waals surface area (Å²) in [6.07, 6.45) is 4.82. The minimum Gasteiger partial charge on any atom is -0.369 e. The van der Waals surface area contributed by atoms with Gasteiger partial charge in [0.2, 0.25) is 0 Å². The first-order valence-corrected chi connectivity index (χ1v) is 6.16. The molecule has 0 spiro atoms. The number of carbonyl (C=O) groups excluding carboxylic acids is 1. The van der Waals surface area contributed by atoms with Crippen LogP contribution in [0.25, 0.3) is 0 Å². The van der Waals surface area contributed by atoms with Crippen molar-refractivity contribution in [2.75, 3.05) is 0 Å². The van der Waals surface area contributed by atoms with Crippen LogP contribution in [0.5, 0.6) is 0 Å². The number of benzene rings is 1. The van der Waals surface area contributed by atoms with Gasteiger partial charge in [0.1, 0.15) is 0 Å². The molecule has 1 N–H and O–H groups in total. The number of aliphatic hydroxyl groups excluding tert-OH is 1. The van der Waals surface area contributed by atoms with E-state index in [9.17, 15) is 9.90 Å². The lowest BCUT2D eigenvalue weighted by Gasteiger charge is -2.29. The molecule has 0 saturated heterocycles. The lowest BCUT2D eigenvalue weighted by atomic mass is 10.1. The predicted octanol–water partition coefficient (Wildman–Crippen LogP) is 2.41. The number of allylic oxidation sites excluding steroid dienone is 1. The number of amides is 1. The van der Waals surface area contributed by atoms with Crippen molar-refractivity contribution in [3.8, 4) is 0 Å². The number of rotatable bonds is 2. The molecular formula is C15H15NO2. The van der Waals surface area contributed by atoms with E-state index in [0.717, 1.165) is 18.4 Å². The zero-order valence-corrected chi connectivity index (χ0v) is 10.0. The van der Waals surface area contributed by atoms with Crippen LogP contribution in [-0.2, 0) is 0 Å². The van der Waals surface area contributed by atoms with Crippen LogP contribution in [0, 0.1) is 0 Å². The zero-order valence-electron chi connectivity index (χ0n) is 10.0. The number of hydrogen-bond acceptors (Lipinski definition) is 2. The van der Waals surface area contributed by atoms with Gasteiger partial charge in [0, 0.05) is 11.1 Å².